The van der Waals surface area contributed by atoms with E-state index in [9.17, 15) is 4.79 Å². The molecule has 0 spiro atoms. The largest absolute Gasteiger partial charge is 0.325 e. The Hall–Kier alpha value is -1.39. The third kappa shape index (κ3) is 4.83. The molecule has 1 aromatic carbocycles. The zero-order valence-corrected chi connectivity index (χ0v) is 13.2. The number of anilines is 1. The minimum absolute atomic E-state index is 0.0756. The normalized spacial score (nSPS) is 18.7. The van der Waals surface area contributed by atoms with Crippen molar-refractivity contribution in [3.8, 4) is 0 Å². The topological polar surface area (TPSA) is 44.4 Å². The van der Waals surface area contributed by atoms with Crippen molar-refractivity contribution in [2.75, 3.05) is 31.5 Å². The average Bonchev–Trinajstić information content (AvgIpc) is 2.54. The zero-order valence-electron chi connectivity index (χ0n) is 13.2. The lowest BCUT2D eigenvalue weighted by atomic mass is 10.1. The van der Waals surface area contributed by atoms with Gasteiger partial charge in [-0.25, -0.2) is 0 Å². The fourth-order valence-electron chi connectivity index (χ4n) is 2.85. The number of rotatable bonds is 6. The highest BCUT2D eigenvalue weighted by Gasteiger charge is 2.21. The summed E-state index contributed by atoms with van der Waals surface area (Å²) in [7, 11) is 0. The number of nitrogens with one attached hydrogen (secondary N) is 2. The molecule has 4 nitrogen and oxygen atoms in total. The summed E-state index contributed by atoms with van der Waals surface area (Å²) in [5, 5.41) is 6.41. The predicted molar refractivity (Wildman–Crippen MR) is 87.6 cm³/mol. The predicted octanol–water partition coefficient (Wildman–Crippen LogP) is 2.26. The number of hydrogen-bond donors (Lipinski definition) is 2. The third-order valence-electron chi connectivity index (χ3n) is 4.19. The first-order valence-electron chi connectivity index (χ1n) is 8.06. The number of aryl methyl sites for hydroxylation is 1. The molecular weight excluding hydrogens is 262 g/mol. The molecule has 0 bridgehead atoms. The number of benzene rings is 1. The minimum atomic E-state index is 0.0756. The van der Waals surface area contributed by atoms with Crippen LogP contribution in [-0.4, -0.2) is 43.0 Å². The Morgan fingerprint density at radius 1 is 1.33 bits per heavy atom. The molecule has 2 rings (SSSR count). The van der Waals surface area contributed by atoms with E-state index in [1.807, 2.05) is 12.1 Å². The summed E-state index contributed by atoms with van der Waals surface area (Å²) in [5.41, 5.74) is 2.17. The monoisotopic (exact) mass is 289 g/mol. The van der Waals surface area contributed by atoms with Crippen molar-refractivity contribution in [2.45, 2.75) is 39.2 Å². The number of piperidine rings is 1. The lowest BCUT2D eigenvalue weighted by Gasteiger charge is -2.33. The molecule has 0 aliphatic carbocycles. The van der Waals surface area contributed by atoms with E-state index in [-0.39, 0.29) is 5.91 Å². The van der Waals surface area contributed by atoms with Crippen LogP contribution in [0.1, 0.15) is 32.3 Å². The Kier molecular flexibility index (Phi) is 6.21. The molecule has 0 saturated carbocycles. The maximum Gasteiger partial charge on any atom is 0.238 e. The molecule has 1 aliphatic rings. The molecule has 1 heterocycles. The molecule has 21 heavy (non-hydrogen) atoms. The fourth-order valence-corrected chi connectivity index (χ4v) is 2.85. The second-order valence-corrected chi connectivity index (χ2v) is 5.66. The van der Waals surface area contributed by atoms with Crippen LogP contribution >= 0.6 is 0 Å². The average molecular weight is 289 g/mol. The van der Waals surface area contributed by atoms with Gasteiger partial charge in [0.2, 0.25) is 5.91 Å². The van der Waals surface area contributed by atoms with Gasteiger partial charge in [-0.2, -0.15) is 0 Å². The highest BCUT2D eigenvalue weighted by molar-refractivity contribution is 5.92. The van der Waals surface area contributed by atoms with Crippen LogP contribution in [0.15, 0.2) is 24.3 Å². The van der Waals surface area contributed by atoms with Gasteiger partial charge in [-0.05, 0) is 50.0 Å². The van der Waals surface area contributed by atoms with Gasteiger partial charge in [0.15, 0.2) is 0 Å². The van der Waals surface area contributed by atoms with Crippen LogP contribution in [0.5, 0.6) is 0 Å². The number of nitrogens with zero attached hydrogens (tertiary/aromatic N) is 1. The Morgan fingerprint density at radius 3 is 2.67 bits per heavy atom. The van der Waals surface area contributed by atoms with Crippen LogP contribution in [0.2, 0.25) is 0 Å². The quantitative estimate of drug-likeness (QED) is 0.844. The van der Waals surface area contributed by atoms with Gasteiger partial charge in [-0.15, -0.1) is 0 Å². The molecular formula is C17H27N3O. The fraction of sp³-hybridized carbons (Fsp3) is 0.588. The minimum Gasteiger partial charge on any atom is -0.325 e. The smallest absolute Gasteiger partial charge is 0.238 e. The first-order valence-corrected chi connectivity index (χ1v) is 8.06. The SMILES string of the molecule is CCc1ccc(NC(=O)CN(CC)C2CCCNC2)cc1. The second-order valence-electron chi connectivity index (χ2n) is 5.66. The van der Waals surface area contributed by atoms with Gasteiger partial charge < -0.3 is 10.6 Å². The standard InChI is InChI=1S/C17H27N3O/c1-3-14-7-9-15(10-8-14)19-17(21)13-20(4-2)16-6-5-11-18-12-16/h7-10,16,18H,3-6,11-13H2,1-2H3,(H,19,21). The Morgan fingerprint density at radius 2 is 2.10 bits per heavy atom. The van der Waals surface area contributed by atoms with Crippen LogP contribution in [0, 0.1) is 0 Å². The van der Waals surface area contributed by atoms with Gasteiger partial charge in [-0.1, -0.05) is 26.0 Å². The van der Waals surface area contributed by atoms with E-state index in [0.29, 0.717) is 12.6 Å². The van der Waals surface area contributed by atoms with E-state index >= 15 is 0 Å². The molecule has 1 saturated heterocycles. The maximum absolute atomic E-state index is 12.2. The highest BCUT2D eigenvalue weighted by atomic mass is 16.2. The first-order chi connectivity index (χ1) is 10.2. The highest BCUT2D eigenvalue weighted by Crippen LogP contribution is 2.12. The molecule has 1 aliphatic heterocycles. The molecule has 2 N–H and O–H groups in total. The zero-order chi connectivity index (χ0) is 15.1. The van der Waals surface area contributed by atoms with Gasteiger partial charge in [0, 0.05) is 18.3 Å². The molecule has 0 radical (unpaired) electrons. The number of amides is 1. The first kappa shape index (κ1) is 16.0. The molecule has 1 unspecified atom stereocenters. The van der Waals surface area contributed by atoms with Crippen molar-refractivity contribution in [3.63, 3.8) is 0 Å². The van der Waals surface area contributed by atoms with Gasteiger partial charge in [0.05, 0.1) is 6.54 Å². The van der Waals surface area contributed by atoms with E-state index in [0.717, 1.165) is 31.7 Å². The lowest BCUT2D eigenvalue weighted by Crippen LogP contribution is -2.48. The van der Waals surface area contributed by atoms with Crippen LogP contribution in [0.25, 0.3) is 0 Å². The lowest BCUT2D eigenvalue weighted by molar-refractivity contribution is -0.117. The van der Waals surface area contributed by atoms with Gasteiger partial charge in [0.25, 0.3) is 0 Å². The molecule has 1 fully saturated rings. The summed E-state index contributed by atoms with van der Waals surface area (Å²) in [6, 6.07) is 8.58. The van der Waals surface area contributed by atoms with Gasteiger partial charge >= 0.3 is 0 Å². The van der Waals surface area contributed by atoms with Gasteiger partial charge in [0.1, 0.15) is 0 Å². The summed E-state index contributed by atoms with van der Waals surface area (Å²) in [6.45, 7) is 7.73. The molecule has 1 amide bonds. The molecule has 1 aromatic rings. The van der Waals surface area contributed by atoms with Crippen LogP contribution in [0.3, 0.4) is 0 Å². The van der Waals surface area contributed by atoms with Crippen LogP contribution in [-0.2, 0) is 11.2 Å². The molecule has 116 valence electrons. The summed E-state index contributed by atoms with van der Waals surface area (Å²) in [4.78, 5) is 14.5. The number of hydrogen-bond acceptors (Lipinski definition) is 3. The number of likely N-dealkylation sites (N-methyl/N-ethyl adjacent to an activating group) is 1. The van der Waals surface area contributed by atoms with E-state index < -0.39 is 0 Å². The molecule has 1 atom stereocenters. The molecule has 0 aromatic heterocycles. The van der Waals surface area contributed by atoms with Crippen molar-refractivity contribution in [3.05, 3.63) is 29.8 Å². The summed E-state index contributed by atoms with van der Waals surface area (Å²) >= 11 is 0. The van der Waals surface area contributed by atoms with Crippen LogP contribution in [0.4, 0.5) is 5.69 Å². The summed E-state index contributed by atoms with van der Waals surface area (Å²) in [6.07, 6.45) is 3.40. The van der Waals surface area contributed by atoms with Crippen molar-refractivity contribution in [2.24, 2.45) is 0 Å². The summed E-state index contributed by atoms with van der Waals surface area (Å²) < 4.78 is 0. The van der Waals surface area contributed by atoms with Crippen LogP contribution < -0.4 is 10.6 Å². The van der Waals surface area contributed by atoms with Gasteiger partial charge in [-0.3, -0.25) is 9.69 Å². The third-order valence-corrected chi connectivity index (χ3v) is 4.19. The molecule has 4 heteroatoms. The van der Waals surface area contributed by atoms with Crippen molar-refractivity contribution in [1.29, 1.82) is 0 Å². The van der Waals surface area contributed by atoms with E-state index in [1.165, 1.54) is 18.4 Å². The Balaban J connectivity index is 1.86. The second kappa shape index (κ2) is 8.15. The van der Waals surface area contributed by atoms with E-state index in [4.69, 9.17) is 0 Å². The number of carbonyl (C=O) groups excluding carboxylic acids is 1. The van der Waals surface area contributed by atoms with E-state index in [2.05, 4.69) is 41.5 Å². The van der Waals surface area contributed by atoms with Crippen molar-refractivity contribution >= 4 is 11.6 Å². The van der Waals surface area contributed by atoms with Crippen molar-refractivity contribution in [1.82, 2.24) is 10.2 Å². The Bertz CT molecular complexity index is 438. The Labute approximate surface area is 127 Å². The summed E-state index contributed by atoms with van der Waals surface area (Å²) in [5.74, 6) is 0.0756. The number of carbonyl (C=O) groups is 1. The van der Waals surface area contributed by atoms with E-state index in [1.54, 1.807) is 0 Å². The van der Waals surface area contributed by atoms with Crippen molar-refractivity contribution < 1.29 is 4.79 Å². The maximum atomic E-state index is 12.2.